The number of hydrogen-bond acceptors (Lipinski definition) is 5. The van der Waals surface area contributed by atoms with Crippen LogP contribution in [0.3, 0.4) is 0 Å². The van der Waals surface area contributed by atoms with Gasteiger partial charge in [0.05, 0.1) is 31.6 Å². The zero-order valence-electron chi connectivity index (χ0n) is 19.9. The van der Waals surface area contributed by atoms with E-state index < -0.39 is 0 Å². The molecule has 0 aliphatic carbocycles. The number of ether oxygens (including phenoxy) is 1. The summed E-state index contributed by atoms with van der Waals surface area (Å²) in [6.07, 6.45) is 0.659. The van der Waals surface area contributed by atoms with E-state index in [1.165, 1.54) is 9.58 Å². The van der Waals surface area contributed by atoms with E-state index >= 15 is 0 Å². The van der Waals surface area contributed by atoms with Gasteiger partial charge in [0, 0.05) is 16.7 Å². The Labute approximate surface area is 208 Å². The van der Waals surface area contributed by atoms with E-state index in [2.05, 4.69) is 5.10 Å². The molecule has 0 radical (unpaired) electrons. The fourth-order valence-corrected chi connectivity index (χ4v) is 4.29. The molecule has 0 fully saturated rings. The van der Waals surface area contributed by atoms with Gasteiger partial charge in [-0.05, 0) is 55.5 Å². The van der Waals surface area contributed by atoms with Crippen LogP contribution in [0.15, 0.2) is 78.9 Å². The summed E-state index contributed by atoms with van der Waals surface area (Å²) in [5.74, 6) is 0.476. The molecule has 180 valence electrons. The topological polar surface area (TPSA) is 84.7 Å². The van der Waals surface area contributed by atoms with Crippen LogP contribution >= 0.6 is 0 Å². The van der Waals surface area contributed by atoms with Crippen LogP contribution in [-0.2, 0) is 17.9 Å². The van der Waals surface area contributed by atoms with Crippen molar-refractivity contribution in [3.8, 4) is 5.75 Å². The number of anilines is 2. The standard InChI is InChI=1S/C28H24N4O4/c1-19-8-10-21(11-9-19)27(34)30-16-24-25(17-30)32(28(35)20-6-4-3-5-7-20)29-26(24)31(18-33)22-12-14-23(36-2)15-13-22/h3-15,18H,16-17H2,1-2H3. The highest BCUT2D eigenvalue weighted by Crippen LogP contribution is 2.36. The molecule has 0 N–H and O–H groups in total. The summed E-state index contributed by atoms with van der Waals surface area (Å²) in [4.78, 5) is 42.0. The SMILES string of the molecule is COc1ccc(N(C=O)c2nn(C(=O)c3ccccc3)c3c2CN(C(=O)c2ccc(C)cc2)C3)cc1. The molecule has 3 aromatic carbocycles. The van der Waals surface area contributed by atoms with E-state index in [1.54, 1.807) is 72.7 Å². The quantitative estimate of drug-likeness (QED) is 0.384. The molecule has 0 saturated carbocycles. The van der Waals surface area contributed by atoms with Crippen LogP contribution in [0, 0.1) is 6.92 Å². The summed E-state index contributed by atoms with van der Waals surface area (Å²) >= 11 is 0. The van der Waals surface area contributed by atoms with Crippen LogP contribution in [-0.4, -0.2) is 40.0 Å². The van der Waals surface area contributed by atoms with Gasteiger partial charge in [0.25, 0.3) is 11.8 Å². The number of carbonyl (C=O) groups is 3. The van der Waals surface area contributed by atoms with Gasteiger partial charge in [0.1, 0.15) is 5.75 Å². The fourth-order valence-electron chi connectivity index (χ4n) is 4.29. The number of amides is 2. The minimum atomic E-state index is -0.330. The third-order valence-electron chi connectivity index (χ3n) is 6.24. The molecule has 0 spiro atoms. The van der Waals surface area contributed by atoms with E-state index in [-0.39, 0.29) is 24.9 Å². The lowest BCUT2D eigenvalue weighted by Crippen LogP contribution is -2.28. The van der Waals surface area contributed by atoms with Crippen molar-refractivity contribution in [2.45, 2.75) is 20.0 Å². The predicted molar refractivity (Wildman–Crippen MR) is 134 cm³/mol. The number of aryl methyl sites for hydroxylation is 1. The average Bonchev–Trinajstić information content (AvgIpc) is 3.50. The van der Waals surface area contributed by atoms with Crippen molar-refractivity contribution >= 4 is 29.7 Å². The lowest BCUT2D eigenvalue weighted by atomic mass is 10.1. The summed E-state index contributed by atoms with van der Waals surface area (Å²) in [5.41, 5.74) is 3.88. The highest BCUT2D eigenvalue weighted by atomic mass is 16.5. The molecule has 1 aromatic heterocycles. The van der Waals surface area contributed by atoms with Gasteiger partial charge in [0.2, 0.25) is 6.41 Å². The maximum Gasteiger partial charge on any atom is 0.278 e. The van der Waals surface area contributed by atoms with E-state index in [9.17, 15) is 14.4 Å². The second-order valence-electron chi connectivity index (χ2n) is 8.53. The van der Waals surface area contributed by atoms with Crippen LogP contribution in [0.5, 0.6) is 5.75 Å². The molecule has 4 aromatic rings. The first-order chi connectivity index (χ1) is 17.5. The number of aromatic nitrogens is 2. The number of benzene rings is 3. The van der Waals surface area contributed by atoms with Crippen molar-refractivity contribution < 1.29 is 19.1 Å². The molecule has 2 heterocycles. The molecular weight excluding hydrogens is 456 g/mol. The van der Waals surface area contributed by atoms with E-state index in [1.807, 2.05) is 25.1 Å². The molecule has 5 rings (SSSR count). The molecular formula is C28H24N4O4. The number of carbonyl (C=O) groups excluding carboxylic acids is 3. The van der Waals surface area contributed by atoms with E-state index in [0.717, 1.165) is 5.56 Å². The van der Waals surface area contributed by atoms with Crippen molar-refractivity contribution in [1.29, 1.82) is 0 Å². The van der Waals surface area contributed by atoms with E-state index in [0.29, 0.717) is 46.0 Å². The maximum atomic E-state index is 13.4. The normalized spacial score (nSPS) is 12.2. The molecule has 0 unspecified atom stereocenters. The number of methoxy groups -OCH3 is 1. The van der Waals surface area contributed by atoms with Gasteiger partial charge in [-0.25, -0.2) is 0 Å². The van der Waals surface area contributed by atoms with Gasteiger partial charge >= 0.3 is 0 Å². The molecule has 1 aliphatic rings. The third-order valence-corrected chi connectivity index (χ3v) is 6.24. The Hall–Kier alpha value is -4.72. The molecule has 8 heteroatoms. The molecule has 0 bridgehead atoms. The Morgan fingerprint density at radius 3 is 2.19 bits per heavy atom. The first kappa shape index (κ1) is 23.0. The maximum absolute atomic E-state index is 13.4. The van der Waals surface area contributed by atoms with Crippen LogP contribution in [0.2, 0.25) is 0 Å². The van der Waals surface area contributed by atoms with Crippen molar-refractivity contribution in [3.63, 3.8) is 0 Å². The summed E-state index contributed by atoms with van der Waals surface area (Å²) in [6.45, 7) is 2.38. The van der Waals surface area contributed by atoms with Crippen molar-refractivity contribution in [3.05, 3.63) is 107 Å². The summed E-state index contributed by atoms with van der Waals surface area (Å²) in [7, 11) is 1.57. The number of rotatable bonds is 6. The Morgan fingerprint density at radius 2 is 1.56 bits per heavy atom. The highest BCUT2D eigenvalue weighted by Gasteiger charge is 2.35. The minimum absolute atomic E-state index is 0.155. The van der Waals surface area contributed by atoms with Crippen molar-refractivity contribution in [1.82, 2.24) is 14.7 Å². The van der Waals surface area contributed by atoms with Gasteiger partial charge in [-0.3, -0.25) is 19.3 Å². The number of fused-ring (bicyclic) bond motifs is 1. The Morgan fingerprint density at radius 1 is 0.889 bits per heavy atom. The van der Waals surface area contributed by atoms with Crippen molar-refractivity contribution in [2.75, 3.05) is 12.0 Å². The zero-order valence-corrected chi connectivity index (χ0v) is 19.9. The second-order valence-corrected chi connectivity index (χ2v) is 8.53. The molecule has 36 heavy (non-hydrogen) atoms. The van der Waals surface area contributed by atoms with Gasteiger partial charge in [-0.15, -0.1) is 5.10 Å². The fraction of sp³-hybridized carbons (Fsp3) is 0.143. The smallest absolute Gasteiger partial charge is 0.278 e. The number of nitrogens with zero attached hydrogens (tertiary/aromatic N) is 4. The Kier molecular flexibility index (Phi) is 6.08. The predicted octanol–water partition coefficient (Wildman–Crippen LogP) is 4.34. The molecule has 1 aliphatic heterocycles. The highest BCUT2D eigenvalue weighted by molar-refractivity contribution is 5.98. The lowest BCUT2D eigenvalue weighted by Gasteiger charge is -2.19. The summed E-state index contributed by atoms with van der Waals surface area (Å²) in [6, 6.07) is 23.1. The second kappa shape index (κ2) is 9.50. The van der Waals surface area contributed by atoms with Crippen LogP contribution in [0.25, 0.3) is 0 Å². The minimum Gasteiger partial charge on any atom is -0.497 e. The van der Waals surface area contributed by atoms with Gasteiger partial charge in [-0.2, -0.15) is 4.68 Å². The Bertz CT molecular complexity index is 1430. The lowest BCUT2D eigenvalue weighted by molar-refractivity contribution is -0.106. The van der Waals surface area contributed by atoms with Gasteiger partial charge in [0.15, 0.2) is 5.82 Å². The molecule has 2 amide bonds. The molecule has 0 saturated heterocycles. The van der Waals surface area contributed by atoms with Crippen LogP contribution in [0.4, 0.5) is 11.5 Å². The van der Waals surface area contributed by atoms with Gasteiger partial charge in [-0.1, -0.05) is 35.9 Å². The first-order valence-corrected chi connectivity index (χ1v) is 11.4. The molecule has 8 nitrogen and oxygen atoms in total. The monoisotopic (exact) mass is 480 g/mol. The van der Waals surface area contributed by atoms with Crippen molar-refractivity contribution in [2.24, 2.45) is 0 Å². The Balaban J connectivity index is 1.56. The third kappa shape index (κ3) is 4.13. The zero-order chi connectivity index (χ0) is 25.2. The summed E-state index contributed by atoms with van der Waals surface area (Å²) < 4.78 is 6.53. The largest absolute Gasteiger partial charge is 0.497 e. The van der Waals surface area contributed by atoms with Crippen LogP contribution < -0.4 is 9.64 Å². The van der Waals surface area contributed by atoms with Crippen LogP contribution in [0.1, 0.15) is 37.5 Å². The van der Waals surface area contributed by atoms with Gasteiger partial charge < -0.3 is 9.64 Å². The first-order valence-electron chi connectivity index (χ1n) is 11.4. The average molecular weight is 481 g/mol. The number of hydrogen-bond donors (Lipinski definition) is 0. The van der Waals surface area contributed by atoms with E-state index in [4.69, 9.17) is 4.74 Å². The molecule has 0 atom stereocenters. The summed E-state index contributed by atoms with van der Waals surface area (Å²) in [5, 5.41) is 4.57.